The summed E-state index contributed by atoms with van der Waals surface area (Å²) in [4.78, 5) is 12.7. The molecule has 270 valence electrons. The lowest BCUT2D eigenvalue weighted by Crippen LogP contribution is -2.62. The molecule has 7 aromatic rings. The van der Waals surface area contributed by atoms with Crippen molar-refractivity contribution in [2.24, 2.45) is 4.99 Å². The van der Waals surface area contributed by atoms with Crippen LogP contribution in [-0.2, 0) is 0 Å². The van der Waals surface area contributed by atoms with Gasteiger partial charge in [0, 0.05) is 39.1 Å². The second-order valence-electron chi connectivity index (χ2n) is 16.9. The van der Waals surface area contributed by atoms with Crippen molar-refractivity contribution in [3.05, 3.63) is 146 Å². The Morgan fingerprint density at radius 1 is 0.481 bits per heavy atom. The van der Waals surface area contributed by atoms with E-state index in [1.165, 1.54) is 11.1 Å². The van der Waals surface area contributed by atoms with Gasteiger partial charge < -0.3 is 19.1 Å². The number of anilines is 4. The molecule has 0 aliphatic carbocycles. The van der Waals surface area contributed by atoms with Crippen LogP contribution in [0.15, 0.2) is 155 Å². The summed E-state index contributed by atoms with van der Waals surface area (Å²) in [5.41, 5.74) is 10.1. The molecule has 1 saturated heterocycles. The summed E-state index contributed by atoms with van der Waals surface area (Å²) in [6.07, 6.45) is 0. The molecule has 3 heterocycles. The van der Waals surface area contributed by atoms with E-state index in [9.17, 15) is 0 Å². The Hall–Kier alpha value is -5.81. The van der Waals surface area contributed by atoms with E-state index in [1.54, 1.807) is 0 Å². The van der Waals surface area contributed by atoms with Gasteiger partial charge in [-0.1, -0.05) is 91.0 Å². The van der Waals surface area contributed by atoms with Crippen LogP contribution in [0.2, 0.25) is 0 Å². The summed E-state index contributed by atoms with van der Waals surface area (Å²) in [7, 11) is 0. The normalized spacial score (nSPS) is 17.9. The van der Waals surface area contributed by atoms with Crippen LogP contribution >= 0.6 is 0 Å². The molecule has 5 heteroatoms. The van der Waals surface area contributed by atoms with E-state index in [-0.39, 0.29) is 22.2 Å². The van der Waals surface area contributed by atoms with Crippen molar-refractivity contribution in [1.82, 2.24) is 4.90 Å². The first-order valence-electron chi connectivity index (χ1n) is 19.1. The molecule has 9 rings (SSSR count). The van der Waals surface area contributed by atoms with Crippen molar-refractivity contribution in [3.8, 4) is 22.3 Å². The number of fused-ring (bicyclic) bond motifs is 4. The third-order valence-corrected chi connectivity index (χ3v) is 12.9. The Kier molecular flexibility index (Phi) is 7.46. The third kappa shape index (κ3) is 4.94. The van der Waals surface area contributed by atoms with Gasteiger partial charge >= 0.3 is 0 Å². The Labute approximate surface area is 319 Å². The molecule has 0 amide bonds. The second kappa shape index (κ2) is 11.8. The van der Waals surface area contributed by atoms with E-state index >= 15 is 0 Å². The van der Waals surface area contributed by atoms with Gasteiger partial charge in [0.25, 0.3) is 0 Å². The Balaban J connectivity index is 1.12. The van der Waals surface area contributed by atoms with Crippen molar-refractivity contribution >= 4 is 50.6 Å². The van der Waals surface area contributed by atoms with Gasteiger partial charge in [-0.3, -0.25) is 0 Å². The minimum Gasteiger partial charge on any atom is -0.455 e. The molecule has 0 bridgehead atoms. The lowest BCUT2D eigenvalue weighted by molar-refractivity contribution is 0.0529. The first-order valence-corrected chi connectivity index (χ1v) is 19.1. The third-order valence-electron chi connectivity index (χ3n) is 12.9. The molecule has 0 saturated carbocycles. The minimum atomic E-state index is -0.223. The zero-order valence-corrected chi connectivity index (χ0v) is 32.6. The van der Waals surface area contributed by atoms with Crippen LogP contribution in [0.1, 0.15) is 55.4 Å². The molecule has 2 aliphatic heterocycles. The SMILES string of the molecule is CC1(C)N=C2N(c3ccc(N(c4ccc(-c5ccccc5)cc4)c4ccc(-c5cccc6c5oc5ccccc56)cc4)cc3)C(C)(C)C(C)(C)N2C1(C)C. The summed E-state index contributed by atoms with van der Waals surface area (Å²) in [6, 6.07) is 52.0. The Morgan fingerprint density at radius 3 is 1.67 bits per heavy atom. The van der Waals surface area contributed by atoms with Crippen LogP contribution < -0.4 is 9.80 Å². The van der Waals surface area contributed by atoms with Crippen molar-refractivity contribution in [2.45, 2.75) is 77.5 Å². The largest absolute Gasteiger partial charge is 0.455 e. The van der Waals surface area contributed by atoms with Gasteiger partial charge in [-0.05, 0) is 127 Å². The number of furan rings is 1. The van der Waals surface area contributed by atoms with Crippen LogP contribution in [0.25, 0.3) is 44.2 Å². The van der Waals surface area contributed by atoms with Gasteiger partial charge in [0.2, 0.25) is 5.96 Å². The second-order valence-corrected chi connectivity index (χ2v) is 16.9. The van der Waals surface area contributed by atoms with Gasteiger partial charge in [0.15, 0.2) is 0 Å². The van der Waals surface area contributed by atoms with E-state index < -0.39 is 0 Å². The van der Waals surface area contributed by atoms with Crippen LogP contribution in [0.5, 0.6) is 0 Å². The predicted octanol–water partition coefficient (Wildman–Crippen LogP) is 13.0. The molecular formula is C49H48N4O. The number of hydrogen-bond donors (Lipinski definition) is 0. The van der Waals surface area contributed by atoms with Crippen LogP contribution in [0.4, 0.5) is 22.7 Å². The molecule has 0 N–H and O–H groups in total. The van der Waals surface area contributed by atoms with Gasteiger partial charge in [0.05, 0.1) is 22.2 Å². The summed E-state index contributed by atoms with van der Waals surface area (Å²) in [5.74, 6) is 1.05. The standard InChI is InChI=1S/C49H48N4O/c1-46(2)47(3,4)53-45(50-46)52(48(5,6)49(53,7)8)39-31-29-38(30-32-39)51(36-25-21-34(22-26-36)33-15-10-9-11-16-33)37-27-23-35(24-28-37)40-18-14-19-42-41-17-12-13-20-43(41)54-44(40)42/h9-32H,1-8H3. The molecule has 5 nitrogen and oxygen atoms in total. The fraction of sp³-hybridized carbons (Fsp3) is 0.245. The van der Waals surface area contributed by atoms with E-state index in [4.69, 9.17) is 9.41 Å². The molecule has 0 radical (unpaired) electrons. The zero-order valence-electron chi connectivity index (χ0n) is 32.6. The highest BCUT2D eigenvalue weighted by Crippen LogP contribution is 2.54. The topological polar surface area (TPSA) is 35.2 Å². The maximum absolute atomic E-state index is 6.41. The fourth-order valence-corrected chi connectivity index (χ4v) is 8.69. The van der Waals surface area contributed by atoms with Crippen LogP contribution in [0, 0.1) is 0 Å². The monoisotopic (exact) mass is 708 g/mol. The highest BCUT2D eigenvalue weighted by Gasteiger charge is 2.65. The molecule has 2 aliphatic rings. The molecule has 1 aromatic heterocycles. The summed E-state index contributed by atoms with van der Waals surface area (Å²) < 4.78 is 6.41. The van der Waals surface area contributed by atoms with E-state index in [1.807, 2.05) is 12.1 Å². The molecule has 6 aromatic carbocycles. The summed E-state index contributed by atoms with van der Waals surface area (Å²) >= 11 is 0. The molecule has 0 atom stereocenters. The predicted molar refractivity (Wildman–Crippen MR) is 227 cm³/mol. The number of aliphatic imine (C=N–C) groups is 1. The van der Waals surface area contributed by atoms with Gasteiger partial charge in [-0.25, -0.2) is 4.99 Å². The van der Waals surface area contributed by atoms with E-state index in [2.05, 4.69) is 204 Å². The molecule has 1 fully saturated rings. The number of nitrogens with zero attached hydrogens (tertiary/aromatic N) is 4. The van der Waals surface area contributed by atoms with Crippen molar-refractivity contribution in [2.75, 3.05) is 9.80 Å². The van der Waals surface area contributed by atoms with Crippen molar-refractivity contribution < 1.29 is 4.42 Å². The lowest BCUT2D eigenvalue weighted by atomic mass is 9.76. The highest BCUT2D eigenvalue weighted by molar-refractivity contribution is 6.09. The van der Waals surface area contributed by atoms with Gasteiger partial charge in [0.1, 0.15) is 11.2 Å². The molecule has 54 heavy (non-hydrogen) atoms. The fourth-order valence-electron chi connectivity index (χ4n) is 8.69. The highest BCUT2D eigenvalue weighted by atomic mass is 16.3. The lowest BCUT2D eigenvalue weighted by Gasteiger charge is -2.50. The van der Waals surface area contributed by atoms with Gasteiger partial charge in [-0.15, -0.1) is 0 Å². The molecule has 0 spiro atoms. The van der Waals surface area contributed by atoms with Crippen LogP contribution in [-0.4, -0.2) is 33.0 Å². The van der Waals surface area contributed by atoms with Crippen LogP contribution in [0.3, 0.4) is 0 Å². The maximum Gasteiger partial charge on any atom is 0.203 e. The average Bonchev–Trinajstić information content (AvgIpc) is 3.69. The first-order chi connectivity index (χ1) is 25.8. The maximum atomic E-state index is 6.41. The quantitative estimate of drug-likeness (QED) is 0.172. The average molecular weight is 709 g/mol. The van der Waals surface area contributed by atoms with E-state index in [0.717, 1.165) is 61.8 Å². The van der Waals surface area contributed by atoms with Gasteiger partial charge in [-0.2, -0.15) is 0 Å². The van der Waals surface area contributed by atoms with Crippen molar-refractivity contribution in [3.63, 3.8) is 0 Å². The number of para-hydroxylation sites is 2. The minimum absolute atomic E-state index is 0.136. The number of hydrogen-bond acceptors (Lipinski definition) is 5. The van der Waals surface area contributed by atoms with Crippen molar-refractivity contribution in [1.29, 1.82) is 0 Å². The number of benzene rings is 6. The number of rotatable bonds is 6. The first kappa shape index (κ1) is 34.0. The Bertz CT molecular complexity index is 2540. The number of guanidine groups is 1. The van der Waals surface area contributed by atoms with E-state index in [0.29, 0.717) is 0 Å². The zero-order chi connectivity index (χ0) is 37.6. The smallest absolute Gasteiger partial charge is 0.203 e. The molecular weight excluding hydrogens is 661 g/mol. The molecule has 0 unspecified atom stereocenters. The summed E-state index contributed by atoms with van der Waals surface area (Å²) in [5, 5.41) is 2.27. The summed E-state index contributed by atoms with van der Waals surface area (Å²) in [6.45, 7) is 18.6. The Morgan fingerprint density at radius 2 is 1.02 bits per heavy atom.